The van der Waals surface area contributed by atoms with Gasteiger partial charge in [0.05, 0.1) is 19.6 Å². The maximum atomic E-state index is 11.1. The van der Waals surface area contributed by atoms with Crippen molar-refractivity contribution < 1.29 is 23.7 Å². The zero-order valence-electron chi connectivity index (χ0n) is 12.9. The molecule has 4 rings (SSSR count). The molecule has 23 heavy (non-hydrogen) atoms. The van der Waals surface area contributed by atoms with E-state index in [-0.39, 0.29) is 18.0 Å². The Morgan fingerprint density at radius 1 is 1.09 bits per heavy atom. The number of fused-ring (bicyclic) bond motifs is 5. The molecule has 0 amide bonds. The van der Waals surface area contributed by atoms with E-state index in [1.807, 2.05) is 24.3 Å². The van der Waals surface area contributed by atoms with Gasteiger partial charge < -0.3 is 18.9 Å². The van der Waals surface area contributed by atoms with Crippen molar-refractivity contribution in [1.82, 2.24) is 0 Å². The summed E-state index contributed by atoms with van der Waals surface area (Å²) < 4.78 is 22.4. The van der Waals surface area contributed by atoms with Crippen LogP contribution in [0.5, 0.6) is 23.0 Å². The average molecular weight is 312 g/mol. The Morgan fingerprint density at radius 2 is 1.83 bits per heavy atom. The van der Waals surface area contributed by atoms with E-state index in [9.17, 15) is 4.79 Å². The second-order valence-corrected chi connectivity index (χ2v) is 5.65. The predicted molar refractivity (Wildman–Crippen MR) is 82.4 cm³/mol. The fourth-order valence-corrected chi connectivity index (χ4v) is 3.17. The van der Waals surface area contributed by atoms with Crippen molar-refractivity contribution in [3.8, 4) is 23.0 Å². The van der Waals surface area contributed by atoms with Crippen LogP contribution in [-0.4, -0.2) is 19.7 Å². The highest BCUT2D eigenvalue weighted by molar-refractivity contribution is 5.69. The lowest BCUT2D eigenvalue weighted by Gasteiger charge is -2.28. The molecule has 0 aromatic heterocycles. The molecular formula is C18H16O5. The van der Waals surface area contributed by atoms with Crippen molar-refractivity contribution >= 4 is 5.97 Å². The largest absolute Gasteiger partial charge is 0.497 e. The van der Waals surface area contributed by atoms with Crippen LogP contribution in [0.25, 0.3) is 0 Å². The number of carbonyl (C=O) groups excluding carboxylic acids is 1. The molecule has 5 heteroatoms. The average Bonchev–Trinajstić information content (AvgIpc) is 2.91. The monoisotopic (exact) mass is 312 g/mol. The summed E-state index contributed by atoms with van der Waals surface area (Å²) in [4.78, 5) is 11.1. The van der Waals surface area contributed by atoms with E-state index in [0.29, 0.717) is 18.1 Å². The van der Waals surface area contributed by atoms with Gasteiger partial charge in [-0.1, -0.05) is 6.07 Å². The van der Waals surface area contributed by atoms with E-state index in [2.05, 4.69) is 0 Å². The molecule has 2 aromatic rings. The van der Waals surface area contributed by atoms with Gasteiger partial charge in [0.25, 0.3) is 0 Å². The van der Waals surface area contributed by atoms with Gasteiger partial charge in [0.15, 0.2) is 0 Å². The third kappa shape index (κ3) is 2.29. The van der Waals surface area contributed by atoms with Crippen LogP contribution in [0.2, 0.25) is 0 Å². The van der Waals surface area contributed by atoms with E-state index in [1.54, 1.807) is 19.2 Å². The molecule has 2 atom stereocenters. The summed E-state index contributed by atoms with van der Waals surface area (Å²) in [5.41, 5.74) is 2.10. The molecule has 0 fully saturated rings. The predicted octanol–water partition coefficient (Wildman–Crippen LogP) is 3.23. The number of hydrogen-bond donors (Lipinski definition) is 0. The highest BCUT2D eigenvalue weighted by Gasteiger charge is 2.40. The minimum Gasteiger partial charge on any atom is -0.497 e. The lowest BCUT2D eigenvalue weighted by molar-refractivity contribution is -0.131. The number of ether oxygens (including phenoxy) is 4. The topological polar surface area (TPSA) is 54.0 Å². The van der Waals surface area contributed by atoms with Crippen LogP contribution in [0.1, 0.15) is 30.1 Å². The second-order valence-electron chi connectivity index (χ2n) is 5.65. The van der Waals surface area contributed by atoms with E-state index in [1.165, 1.54) is 6.92 Å². The van der Waals surface area contributed by atoms with Gasteiger partial charge in [0.2, 0.25) is 0 Å². The SMILES string of the molecule is COc1ccc2c(c1)O[C@H]1c3ccc(OC(C)=O)cc3OC[C@@H]21. The van der Waals surface area contributed by atoms with Gasteiger partial charge in [-0.3, -0.25) is 4.79 Å². The van der Waals surface area contributed by atoms with Crippen molar-refractivity contribution in [3.63, 3.8) is 0 Å². The number of methoxy groups -OCH3 is 1. The number of esters is 1. The molecule has 0 spiro atoms. The third-order valence-corrected chi connectivity index (χ3v) is 4.21. The molecule has 0 aliphatic carbocycles. The summed E-state index contributed by atoms with van der Waals surface area (Å²) in [6, 6.07) is 11.3. The summed E-state index contributed by atoms with van der Waals surface area (Å²) in [6.07, 6.45) is -0.0905. The van der Waals surface area contributed by atoms with Crippen molar-refractivity contribution in [2.24, 2.45) is 0 Å². The molecule has 0 saturated carbocycles. The molecule has 0 bridgehead atoms. The smallest absolute Gasteiger partial charge is 0.308 e. The summed E-state index contributed by atoms with van der Waals surface area (Å²) in [7, 11) is 1.64. The van der Waals surface area contributed by atoms with Gasteiger partial charge in [0.1, 0.15) is 29.1 Å². The van der Waals surface area contributed by atoms with E-state index < -0.39 is 0 Å². The second kappa shape index (κ2) is 5.19. The first-order chi connectivity index (χ1) is 11.2. The summed E-state index contributed by atoms with van der Waals surface area (Å²) in [5.74, 6) is 2.59. The van der Waals surface area contributed by atoms with Crippen LogP contribution >= 0.6 is 0 Å². The van der Waals surface area contributed by atoms with Crippen molar-refractivity contribution in [2.45, 2.75) is 18.9 Å². The standard InChI is InChI=1S/C18H16O5/c1-10(19)22-12-4-6-14-16(8-12)21-9-15-13-5-3-11(20-2)7-17(13)23-18(14)15/h3-8,15,18H,9H2,1-2H3/t15-,18-/m0/s1. The molecule has 2 heterocycles. The van der Waals surface area contributed by atoms with E-state index in [4.69, 9.17) is 18.9 Å². The van der Waals surface area contributed by atoms with Crippen molar-refractivity contribution in [1.29, 1.82) is 0 Å². The highest BCUT2D eigenvalue weighted by Crippen LogP contribution is 2.52. The Morgan fingerprint density at radius 3 is 2.61 bits per heavy atom. The summed E-state index contributed by atoms with van der Waals surface area (Å²) >= 11 is 0. The first kappa shape index (κ1) is 13.9. The Bertz CT molecular complexity index is 783. The Labute approximate surface area is 133 Å². The Hall–Kier alpha value is -2.69. The molecule has 118 valence electrons. The molecule has 2 aliphatic rings. The van der Waals surface area contributed by atoms with Crippen LogP contribution in [0, 0.1) is 0 Å². The van der Waals surface area contributed by atoms with Crippen LogP contribution < -0.4 is 18.9 Å². The third-order valence-electron chi connectivity index (χ3n) is 4.21. The minimum atomic E-state index is -0.352. The van der Waals surface area contributed by atoms with Gasteiger partial charge in [-0.15, -0.1) is 0 Å². The number of benzene rings is 2. The van der Waals surface area contributed by atoms with Crippen molar-refractivity contribution in [2.75, 3.05) is 13.7 Å². The molecule has 0 saturated heterocycles. The molecular weight excluding hydrogens is 296 g/mol. The van der Waals surface area contributed by atoms with Gasteiger partial charge >= 0.3 is 5.97 Å². The molecule has 0 N–H and O–H groups in total. The highest BCUT2D eigenvalue weighted by atomic mass is 16.5. The lowest BCUT2D eigenvalue weighted by Crippen LogP contribution is -2.23. The Balaban J connectivity index is 1.68. The number of carbonyl (C=O) groups is 1. The Kier molecular flexibility index (Phi) is 3.15. The molecule has 2 aliphatic heterocycles. The molecule has 5 nitrogen and oxygen atoms in total. The summed E-state index contributed by atoms with van der Waals surface area (Å²) in [6.45, 7) is 1.90. The van der Waals surface area contributed by atoms with Gasteiger partial charge in [-0.2, -0.15) is 0 Å². The van der Waals surface area contributed by atoms with Crippen LogP contribution in [-0.2, 0) is 4.79 Å². The zero-order chi connectivity index (χ0) is 16.0. The summed E-state index contributed by atoms with van der Waals surface area (Å²) in [5, 5.41) is 0. The molecule has 0 unspecified atom stereocenters. The van der Waals surface area contributed by atoms with Gasteiger partial charge in [-0.25, -0.2) is 0 Å². The van der Waals surface area contributed by atoms with E-state index >= 15 is 0 Å². The number of rotatable bonds is 2. The maximum absolute atomic E-state index is 11.1. The molecule has 2 aromatic carbocycles. The normalized spacial score (nSPS) is 20.4. The van der Waals surface area contributed by atoms with Crippen molar-refractivity contribution in [3.05, 3.63) is 47.5 Å². The first-order valence-corrected chi connectivity index (χ1v) is 7.45. The van der Waals surface area contributed by atoms with Gasteiger partial charge in [0, 0.05) is 30.2 Å². The minimum absolute atomic E-state index is 0.0905. The molecule has 0 radical (unpaired) electrons. The fourth-order valence-electron chi connectivity index (χ4n) is 3.17. The quantitative estimate of drug-likeness (QED) is 0.629. The zero-order valence-corrected chi connectivity index (χ0v) is 12.9. The first-order valence-electron chi connectivity index (χ1n) is 7.45. The fraction of sp³-hybridized carbons (Fsp3) is 0.278. The van der Waals surface area contributed by atoms with Crippen LogP contribution in [0.15, 0.2) is 36.4 Å². The number of hydrogen-bond acceptors (Lipinski definition) is 5. The van der Waals surface area contributed by atoms with Crippen LogP contribution in [0.4, 0.5) is 0 Å². The van der Waals surface area contributed by atoms with E-state index in [0.717, 1.165) is 22.6 Å². The van der Waals surface area contributed by atoms with Gasteiger partial charge in [-0.05, 0) is 18.2 Å². The van der Waals surface area contributed by atoms with Crippen LogP contribution in [0.3, 0.4) is 0 Å². The maximum Gasteiger partial charge on any atom is 0.308 e. The lowest BCUT2D eigenvalue weighted by atomic mass is 9.89.